The van der Waals surface area contributed by atoms with Gasteiger partial charge in [-0.1, -0.05) is 30.3 Å². The molecule has 20 heavy (non-hydrogen) atoms. The Kier molecular flexibility index (Phi) is 8.02. The summed E-state index contributed by atoms with van der Waals surface area (Å²) in [7, 11) is 0. The van der Waals surface area contributed by atoms with Crippen molar-refractivity contribution in [2.45, 2.75) is 18.6 Å². The second-order valence-corrected chi connectivity index (χ2v) is 3.96. The SMILES string of the molecule is Cl.NCC(Cc1ccccc1)NC(=O)OCC(F)(F)F. The first kappa shape index (κ1) is 18.5. The molecule has 1 rings (SSSR count). The Hall–Kier alpha value is -1.47. The highest BCUT2D eigenvalue weighted by Crippen LogP contribution is 2.14. The number of hydrogen-bond acceptors (Lipinski definition) is 3. The van der Waals surface area contributed by atoms with Crippen LogP contribution >= 0.6 is 12.4 Å². The Morgan fingerprint density at radius 3 is 2.40 bits per heavy atom. The molecule has 0 saturated heterocycles. The van der Waals surface area contributed by atoms with Gasteiger partial charge in [-0.2, -0.15) is 13.2 Å². The van der Waals surface area contributed by atoms with E-state index >= 15 is 0 Å². The van der Waals surface area contributed by atoms with Gasteiger partial charge in [-0.3, -0.25) is 0 Å². The third-order valence-electron chi connectivity index (χ3n) is 2.30. The number of carbonyl (C=O) groups excluding carboxylic acids is 1. The van der Waals surface area contributed by atoms with Crippen molar-refractivity contribution in [1.29, 1.82) is 0 Å². The molecule has 1 aromatic carbocycles. The van der Waals surface area contributed by atoms with Crippen molar-refractivity contribution < 1.29 is 22.7 Å². The molecular weight excluding hydrogens is 297 g/mol. The molecule has 0 aliphatic carbocycles. The molecule has 0 aliphatic heterocycles. The van der Waals surface area contributed by atoms with Crippen LogP contribution in [0.3, 0.4) is 0 Å². The molecule has 0 aliphatic rings. The Morgan fingerprint density at radius 2 is 1.90 bits per heavy atom. The summed E-state index contributed by atoms with van der Waals surface area (Å²) >= 11 is 0. The van der Waals surface area contributed by atoms with Gasteiger partial charge in [0.15, 0.2) is 6.61 Å². The zero-order valence-corrected chi connectivity index (χ0v) is 11.3. The molecule has 1 amide bonds. The smallest absolute Gasteiger partial charge is 0.422 e. The van der Waals surface area contributed by atoms with Gasteiger partial charge < -0.3 is 15.8 Å². The van der Waals surface area contributed by atoms with Crippen LogP contribution in [0, 0.1) is 0 Å². The molecule has 0 heterocycles. The lowest BCUT2D eigenvalue weighted by Crippen LogP contribution is -2.42. The fourth-order valence-corrected chi connectivity index (χ4v) is 1.45. The molecule has 1 atom stereocenters. The number of alkyl carbamates (subject to hydrolysis) is 1. The molecule has 0 spiro atoms. The molecule has 0 bridgehead atoms. The third-order valence-corrected chi connectivity index (χ3v) is 2.30. The number of halogens is 4. The van der Waals surface area contributed by atoms with E-state index in [0.717, 1.165) is 5.56 Å². The van der Waals surface area contributed by atoms with Crippen LogP contribution in [0.2, 0.25) is 0 Å². The second kappa shape index (κ2) is 8.65. The van der Waals surface area contributed by atoms with Gasteiger partial charge >= 0.3 is 12.3 Å². The van der Waals surface area contributed by atoms with Crippen molar-refractivity contribution in [2.24, 2.45) is 5.73 Å². The minimum atomic E-state index is -4.53. The van der Waals surface area contributed by atoms with Gasteiger partial charge in [0, 0.05) is 12.6 Å². The third kappa shape index (κ3) is 7.85. The van der Waals surface area contributed by atoms with E-state index in [2.05, 4.69) is 10.1 Å². The fourth-order valence-electron chi connectivity index (χ4n) is 1.45. The Labute approximate surface area is 120 Å². The maximum Gasteiger partial charge on any atom is 0.422 e. The first-order valence-corrected chi connectivity index (χ1v) is 5.65. The first-order valence-electron chi connectivity index (χ1n) is 5.65. The van der Waals surface area contributed by atoms with Crippen molar-refractivity contribution in [3.05, 3.63) is 35.9 Å². The molecule has 0 saturated carbocycles. The van der Waals surface area contributed by atoms with Gasteiger partial charge in [-0.05, 0) is 12.0 Å². The number of ether oxygens (including phenoxy) is 1. The summed E-state index contributed by atoms with van der Waals surface area (Å²) < 4.78 is 39.6. The normalized spacial score (nSPS) is 12.2. The van der Waals surface area contributed by atoms with E-state index in [4.69, 9.17) is 5.73 Å². The number of amides is 1. The van der Waals surface area contributed by atoms with E-state index in [1.807, 2.05) is 30.3 Å². The lowest BCUT2D eigenvalue weighted by molar-refractivity contribution is -0.160. The molecule has 114 valence electrons. The molecule has 0 radical (unpaired) electrons. The topological polar surface area (TPSA) is 64.3 Å². The highest BCUT2D eigenvalue weighted by Gasteiger charge is 2.29. The summed E-state index contributed by atoms with van der Waals surface area (Å²) in [5.41, 5.74) is 6.38. The number of carbonyl (C=O) groups is 1. The van der Waals surface area contributed by atoms with Crippen LogP contribution in [-0.2, 0) is 11.2 Å². The molecule has 3 N–H and O–H groups in total. The number of benzene rings is 1. The summed E-state index contributed by atoms with van der Waals surface area (Å²) in [6.45, 7) is -1.50. The van der Waals surface area contributed by atoms with Crippen LogP contribution in [0.25, 0.3) is 0 Å². The Bertz CT molecular complexity index is 401. The maximum absolute atomic E-state index is 11.9. The van der Waals surface area contributed by atoms with Crippen molar-refractivity contribution >= 4 is 18.5 Å². The summed E-state index contributed by atoms with van der Waals surface area (Å²) in [5, 5.41) is 2.30. The molecule has 8 heteroatoms. The predicted octanol–water partition coefficient (Wildman–Crippen LogP) is 2.27. The van der Waals surface area contributed by atoms with Crippen molar-refractivity contribution in [3.8, 4) is 0 Å². The fraction of sp³-hybridized carbons (Fsp3) is 0.417. The van der Waals surface area contributed by atoms with Gasteiger partial charge in [0.2, 0.25) is 0 Å². The van der Waals surface area contributed by atoms with Crippen LogP contribution in [0.4, 0.5) is 18.0 Å². The van der Waals surface area contributed by atoms with Crippen LogP contribution in [-0.4, -0.2) is 31.5 Å². The van der Waals surface area contributed by atoms with E-state index in [1.165, 1.54) is 0 Å². The van der Waals surface area contributed by atoms with E-state index in [-0.39, 0.29) is 19.0 Å². The molecule has 1 aromatic rings. The maximum atomic E-state index is 11.9. The highest BCUT2D eigenvalue weighted by atomic mass is 35.5. The minimum absolute atomic E-state index is 0. The molecule has 0 aromatic heterocycles. The molecule has 1 unspecified atom stereocenters. The summed E-state index contributed by atoms with van der Waals surface area (Å²) in [6.07, 6.45) is -5.23. The van der Waals surface area contributed by atoms with Gasteiger partial charge in [-0.25, -0.2) is 4.79 Å². The Morgan fingerprint density at radius 1 is 1.30 bits per heavy atom. The van der Waals surface area contributed by atoms with E-state index in [0.29, 0.717) is 6.42 Å². The summed E-state index contributed by atoms with van der Waals surface area (Å²) in [6, 6.07) is 8.70. The second-order valence-electron chi connectivity index (χ2n) is 3.96. The largest absolute Gasteiger partial charge is 0.440 e. The van der Waals surface area contributed by atoms with Gasteiger partial charge in [0.05, 0.1) is 0 Å². The van der Waals surface area contributed by atoms with Crippen LogP contribution < -0.4 is 11.1 Å². The van der Waals surface area contributed by atoms with Crippen molar-refractivity contribution in [3.63, 3.8) is 0 Å². The minimum Gasteiger partial charge on any atom is -0.440 e. The van der Waals surface area contributed by atoms with Gasteiger partial charge in [-0.15, -0.1) is 12.4 Å². The average Bonchev–Trinajstić information content (AvgIpc) is 2.36. The quantitative estimate of drug-likeness (QED) is 0.876. The van der Waals surface area contributed by atoms with E-state index in [9.17, 15) is 18.0 Å². The van der Waals surface area contributed by atoms with E-state index < -0.39 is 24.9 Å². The number of nitrogens with two attached hydrogens (primary N) is 1. The first-order chi connectivity index (χ1) is 8.90. The molecule has 0 fully saturated rings. The Balaban J connectivity index is 0.00000361. The predicted molar refractivity (Wildman–Crippen MR) is 70.8 cm³/mol. The number of nitrogens with one attached hydrogen (secondary N) is 1. The number of rotatable bonds is 5. The lowest BCUT2D eigenvalue weighted by Gasteiger charge is -2.17. The van der Waals surface area contributed by atoms with Gasteiger partial charge in [0.25, 0.3) is 0 Å². The van der Waals surface area contributed by atoms with Gasteiger partial charge in [0.1, 0.15) is 0 Å². The molecule has 4 nitrogen and oxygen atoms in total. The zero-order valence-electron chi connectivity index (χ0n) is 10.5. The number of alkyl halides is 3. The van der Waals surface area contributed by atoms with Crippen molar-refractivity contribution in [2.75, 3.05) is 13.2 Å². The summed E-state index contributed by atoms with van der Waals surface area (Å²) in [4.78, 5) is 11.2. The monoisotopic (exact) mass is 312 g/mol. The highest BCUT2D eigenvalue weighted by molar-refractivity contribution is 5.85. The number of hydrogen-bond donors (Lipinski definition) is 2. The van der Waals surface area contributed by atoms with Crippen LogP contribution in [0.15, 0.2) is 30.3 Å². The molecular formula is C12H16ClF3N2O2. The van der Waals surface area contributed by atoms with Crippen LogP contribution in [0.5, 0.6) is 0 Å². The lowest BCUT2D eigenvalue weighted by atomic mass is 10.1. The van der Waals surface area contributed by atoms with Crippen LogP contribution in [0.1, 0.15) is 5.56 Å². The van der Waals surface area contributed by atoms with Crippen molar-refractivity contribution in [1.82, 2.24) is 5.32 Å². The standard InChI is InChI=1S/C12H15F3N2O2.ClH/c13-12(14,15)8-19-11(18)17-10(7-16)6-9-4-2-1-3-5-9;/h1-5,10H,6-8,16H2,(H,17,18);1H. The van der Waals surface area contributed by atoms with E-state index in [1.54, 1.807) is 0 Å². The summed E-state index contributed by atoms with van der Waals surface area (Å²) in [5.74, 6) is 0. The zero-order chi connectivity index (χ0) is 14.3. The average molecular weight is 313 g/mol.